The molecule has 7 heteroatoms. The van der Waals surface area contributed by atoms with E-state index < -0.39 is 0 Å². The number of aromatic nitrogens is 1. The first-order chi connectivity index (χ1) is 12.6. The SMILES string of the molecule is CC1CC(C)CN(CCOc2ccc(C=NNc3nc(N)cs3)cc2)C1. The van der Waals surface area contributed by atoms with Gasteiger partial charge in [-0.1, -0.05) is 13.8 Å². The van der Waals surface area contributed by atoms with E-state index in [1.54, 1.807) is 11.6 Å². The number of nitrogen functional groups attached to an aromatic ring is 1. The monoisotopic (exact) mass is 373 g/mol. The number of benzene rings is 1. The van der Waals surface area contributed by atoms with Crippen LogP contribution in [-0.4, -0.2) is 42.3 Å². The molecule has 6 nitrogen and oxygen atoms in total. The smallest absolute Gasteiger partial charge is 0.205 e. The van der Waals surface area contributed by atoms with Crippen LogP contribution in [0.2, 0.25) is 0 Å². The average molecular weight is 374 g/mol. The van der Waals surface area contributed by atoms with Crippen LogP contribution in [0.5, 0.6) is 5.75 Å². The van der Waals surface area contributed by atoms with E-state index >= 15 is 0 Å². The van der Waals surface area contributed by atoms with Crippen molar-refractivity contribution in [1.82, 2.24) is 9.88 Å². The predicted octanol–water partition coefficient (Wildman–Crippen LogP) is 3.53. The van der Waals surface area contributed by atoms with Crippen molar-refractivity contribution in [3.63, 3.8) is 0 Å². The first-order valence-corrected chi connectivity index (χ1v) is 9.92. The molecule has 0 bridgehead atoms. The summed E-state index contributed by atoms with van der Waals surface area (Å²) in [5.41, 5.74) is 9.43. The van der Waals surface area contributed by atoms with Crippen LogP contribution in [0.25, 0.3) is 0 Å². The van der Waals surface area contributed by atoms with Crippen molar-refractivity contribution >= 4 is 28.5 Å². The normalized spacial score (nSPS) is 21.2. The Labute approximate surface area is 159 Å². The Bertz CT molecular complexity index is 705. The van der Waals surface area contributed by atoms with Gasteiger partial charge in [-0.15, -0.1) is 11.3 Å². The van der Waals surface area contributed by atoms with Crippen molar-refractivity contribution in [2.75, 3.05) is 37.4 Å². The number of ether oxygens (including phenoxy) is 1. The third-order valence-corrected chi connectivity index (χ3v) is 5.16. The van der Waals surface area contributed by atoms with Crippen LogP contribution in [0.3, 0.4) is 0 Å². The molecule has 0 saturated carbocycles. The van der Waals surface area contributed by atoms with Crippen LogP contribution >= 0.6 is 11.3 Å². The molecule has 140 valence electrons. The minimum absolute atomic E-state index is 0.502. The number of anilines is 2. The summed E-state index contributed by atoms with van der Waals surface area (Å²) in [5, 5.41) is 6.62. The number of rotatable bonds is 7. The van der Waals surface area contributed by atoms with E-state index in [0.29, 0.717) is 10.9 Å². The van der Waals surface area contributed by atoms with Crippen LogP contribution in [0.15, 0.2) is 34.7 Å². The van der Waals surface area contributed by atoms with Gasteiger partial charge in [-0.05, 0) is 48.1 Å². The van der Waals surface area contributed by atoms with Gasteiger partial charge in [0.15, 0.2) is 0 Å². The summed E-state index contributed by atoms with van der Waals surface area (Å²) in [7, 11) is 0. The Balaban J connectivity index is 1.41. The Morgan fingerprint density at radius 2 is 2.04 bits per heavy atom. The van der Waals surface area contributed by atoms with Crippen molar-refractivity contribution < 1.29 is 4.74 Å². The molecule has 0 radical (unpaired) electrons. The molecule has 2 aromatic rings. The number of nitrogens with two attached hydrogens (primary N) is 1. The first-order valence-electron chi connectivity index (χ1n) is 9.04. The molecule has 1 saturated heterocycles. The number of piperidine rings is 1. The summed E-state index contributed by atoms with van der Waals surface area (Å²) in [4.78, 5) is 6.60. The van der Waals surface area contributed by atoms with Crippen molar-refractivity contribution in [2.24, 2.45) is 16.9 Å². The molecule has 3 rings (SSSR count). The van der Waals surface area contributed by atoms with E-state index in [1.165, 1.54) is 30.8 Å². The van der Waals surface area contributed by atoms with Gasteiger partial charge in [0.25, 0.3) is 0 Å². The summed E-state index contributed by atoms with van der Waals surface area (Å²) in [5.74, 6) is 2.96. The molecule has 2 unspecified atom stereocenters. The molecule has 3 N–H and O–H groups in total. The number of hydrogen-bond acceptors (Lipinski definition) is 7. The van der Waals surface area contributed by atoms with Gasteiger partial charge in [0.05, 0.1) is 6.21 Å². The number of nitrogens with one attached hydrogen (secondary N) is 1. The van der Waals surface area contributed by atoms with Gasteiger partial charge >= 0.3 is 0 Å². The fourth-order valence-electron chi connectivity index (χ4n) is 3.42. The fourth-order valence-corrected chi connectivity index (χ4v) is 3.97. The number of hydrazone groups is 1. The Morgan fingerprint density at radius 3 is 2.69 bits per heavy atom. The number of hydrogen-bond donors (Lipinski definition) is 2. The first kappa shape index (κ1) is 18.7. The Kier molecular flexibility index (Phi) is 6.46. The summed E-state index contributed by atoms with van der Waals surface area (Å²) in [6.07, 6.45) is 3.09. The van der Waals surface area contributed by atoms with E-state index in [4.69, 9.17) is 10.5 Å². The molecule has 2 atom stereocenters. The molecule has 0 aliphatic carbocycles. The topological polar surface area (TPSA) is 75.8 Å². The zero-order valence-electron chi connectivity index (χ0n) is 15.4. The Morgan fingerprint density at radius 1 is 1.31 bits per heavy atom. The number of likely N-dealkylation sites (tertiary alicyclic amines) is 1. The highest BCUT2D eigenvalue weighted by Gasteiger charge is 2.21. The van der Waals surface area contributed by atoms with Gasteiger partial charge in [0.2, 0.25) is 5.13 Å². The Hall–Kier alpha value is -2.12. The van der Waals surface area contributed by atoms with Gasteiger partial charge in [0, 0.05) is 25.0 Å². The van der Waals surface area contributed by atoms with Gasteiger partial charge in [-0.2, -0.15) is 5.10 Å². The van der Waals surface area contributed by atoms with Crippen molar-refractivity contribution in [1.29, 1.82) is 0 Å². The van der Waals surface area contributed by atoms with Gasteiger partial charge in [0.1, 0.15) is 18.2 Å². The number of nitrogens with zero attached hydrogens (tertiary/aromatic N) is 3. The highest BCUT2D eigenvalue weighted by atomic mass is 32.1. The zero-order valence-corrected chi connectivity index (χ0v) is 16.2. The largest absolute Gasteiger partial charge is 0.492 e. The predicted molar refractivity (Wildman–Crippen MR) is 109 cm³/mol. The molecule has 2 heterocycles. The van der Waals surface area contributed by atoms with Crippen molar-refractivity contribution in [2.45, 2.75) is 20.3 Å². The second-order valence-electron chi connectivity index (χ2n) is 7.07. The van der Waals surface area contributed by atoms with Crippen LogP contribution in [-0.2, 0) is 0 Å². The maximum Gasteiger partial charge on any atom is 0.205 e. The summed E-state index contributed by atoms with van der Waals surface area (Å²) < 4.78 is 5.89. The van der Waals surface area contributed by atoms with Gasteiger partial charge in [-0.25, -0.2) is 4.98 Å². The van der Waals surface area contributed by atoms with Crippen LogP contribution in [0.4, 0.5) is 10.9 Å². The number of thiazole rings is 1. The van der Waals surface area contributed by atoms with E-state index in [1.807, 2.05) is 24.3 Å². The summed E-state index contributed by atoms with van der Waals surface area (Å²) in [6, 6.07) is 7.93. The molecule has 0 amide bonds. The lowest BCUT2D eigenvalue weighted by Crippen LogP contribution is -2.40. The lowest BCUT2D eigenvalue weighted by atomic mass is 9.92. The third kappa shape index (κ3) is 5.71. The van der Waals surface area contributed by atoms with E-state index in [0.717, 1.165) is 36.3 Å². The van der Waals surface area contributed by atoms with E-state index in [9.17, 15) is 0 Å². The van der Waals surface area contributed by atoms with Crippen molar-refractivity contribution in [3.8, 4) is 5.75 Å². The maximum atomic E-state index is 5.89. The third-order valence-electron chi connectivity index (χ3n) is 4.40. The van der Waals surface area contributed by atoms with Crippen molar-refractivity contribution in [3.05, 3.63) is 35.2 Å². The standard InChI is InChI=1S/C19H27N5OS/c1-14-9-15(2)12-24(11-14)7-8-25-17-5-3-16(4-6-17)10-21-23-19-22-18(20)13-26-19/h3-6,10,13-15H,7-9,11-12,20H2,1-2H3,(H,22,23). The summed E-state index contributed by atoms with van der Waals surface area (Å²) in [6.45, 7) is 8.74. The zero-order chi connectivity index (χ0) is 18.4. The molecule has 1 aromatic carbocycles. The van der Waals surface area contributed by atoms with Gasteiger partial charge < -0.3 is 10.5 Å². The van der Waals surface area contributed by atoms with Crippen LogP contribution < -0.4 is 15.9 Å². The minimum Gasteiger partial charge on any atom is -0.492 e. The molecule has 1 aromatic heterocycles. The molecule has 26 heavy (non-hydrogen) atoms. The maximum absolute atomic E-state index is 5.89. The molecule has 1 fully saturated rings. The molecular weight excluding hydrogens is 346 g/mol. The lowest BCUT2D eigenvalue weighted by molar-refractivity contribution is 0.120. The van der Waals surface area contributed by atoms with E-state index in [2.05, 4.69) is 34.3 Å². The van der Waals surface area contributed by atoms with Gasteiger partial charge in [-0.3, -0.25) is 10.3 Å². The van der Waals surface area contributed by atoms with Crippen LogP contribution in [0.1, 0.15) is 25.8 Å². The van der Waals surface area contributed by atoms with E-state index in [-0.39, 0.29) is 0 Å². The molecule has 1 aliphatic rings. The second-order valence-corrected chi connectivity index (χ2v) is 7.93. The summed E-state index contributed by atoms with van der Waals surface area (Å²) >= 11 is 1.42. The highest BCUT2D eigenvalue weighted by molar-refractivity contribution is 7.14. The minimum atomic E-state index is 0.502. The lowest BCUT2D eigenvalue weighted by Gasteiger charge is -2.34. The van der Waals surface area contributed by atoms with Crippen LogP contribution in [0, 0.1) is 11.8 Å². The molecular formula is C19H27N5OS. The highest BCUT2D eigenvalue weighted by Crippen LogP contribution is 2.21. The average Bonchev–Trinajstić information content (AvgIpc) is 3.01. The quantitative estimate of drug-likeness (QED) is 0.574. The second kappa shape index (κ2) is 9.00. The molecule has 1 aliphatic heterocycles. The molecule has 0 spiro atoms. The fraction of sp³-hybridized carbons (Fsp3) is 0.474.